The minimum atomic E-state index is -0.449. The van der Waals surface area contributed by atoms with Gasteiger partial charge in [-0.15, -0.1) is 0 Å². The Hall–Kier alpha value is -3.32. The zero-order valence-electron chi connectivity index (χ0n) is 17.7. The molecule has 0 saturated carbocycles. The summed E-state index contributed by atoms with van der Waals surface area (Å²) in [5.74, 6) is -0.438. The second-order valence-electron chi connectivity index (χ2n) is 7.84. The number of amides is 1. The Morgan fingerprint density at radius 3 is 2.35 bits per heavy atom. The number of halogens is 1. The number of hydrogen-bond acceptors (Lipinski definition) is 4. The standard InChI is InChI=1S/C24H25FN4O2/c1-17-5-3-4-6-20(17)21-15-27(2)26-23(21)24(31)29-13-11-28(12-14-29)22(16-30)18-7-9-19(25)10-8-18/h3-10,15-16,22H,11-14H2,1-2H3. The number of rotatable bonds is 5. The van der Waals surface area contributed by atoms with E-state index in [2.05, 4.69) is 5.10 Å². The first kappa shape index (κ1) is 20.9. The monoisotopic (exact) mass is 420 g/mol. The number of carbonyl (C=O) groups is 2. The second-order valence-corrected chi connectivity index (χ2v) is 7.84. The first-order valence-electron chi connectivity index (χ1n) is 10.3. The summed E-state index contributed by atoms with van der Waals surface area (Å²) in [4.78, 5) is 28.8. The maximum Gasteiger partial charge on any atom is 0.275 e. The van der Waals surface area contributed by atoms with Crippen LogP contribution >= 0.6 is 0 Å². The third-order valence-corrected chi connectivity index (χ3v) is 5.80. The maximum atomic E-state index is 13.3. The molecule has 1 amide bonds. The van der Waals surface area contributed by atoms with Crippen LogP contribution in [0, 0.1) is 12.7 Å². The Bertz CT molecular complexity index is 1090. The van der Waals surface area contributed by atoms with E-state index in [9.17, 15) is 14.0 Å². The third-order valence-electron chi connectivity index (χ3n) is 5.80. The predicted molar refractivity (Wildman–Crippen MR) is 116 cm³/mol. The van der Waals surface area contributed by atoms with Gasteiger partial charge in [-0.2, -0.15) is 5.10 Å². The van der Waals surface area contributed by atoms with Crippen molar-refractivity contribution >= 4 is 12.2 Å². The van der Waals surface area contributed by atoms with E-state index in [1.807, 2.05) is 49.3 Å². The Kier molecular flexibility index (Phi) is 5.95. The molecule has 0 spiro atoms. The molecule has 1 aliphatic heterocycles. The molecule has 1 aromatic heterocycles. The minimum Gasteiger partial charge on any atom is -0.335 e. The topological polar surface area (TPSA) is 58.4 Å². The van der Waals surface area contributed by atoms with E-state index < -0.39 is 6.04 Å². The molecule has 0 N–H and O–H groups in total. The van der Waals surface area contributed by atoms with Crippen molar-refractivity contribution in [3.05, 3.63) is 77.4 Å². The zero-order valence-corrected chi connectivity index (χ0v) is 17.7. The van der Waals surface area contributed by atoms with E-state index in [1.54, 1.807) is 21.7 Å². The lowest BCUT2D eigenvalue weighted by atomic mass is 10.0. The van der Waals surface area contributed by atoms with Crippen molar-refractivity contribution in [2.24, 2.45) is 7.05 Å². The van der Waals surface area contributed by atoms with Gasteiger partial charge in [-0.3, -0.25) is 14.4 Å². The first-order chi connectivity index (χ1) is 15.0. The van der Waals surface area contributed by atoms with E-state index in [0.29, 0.717) is 31.9 Å². The van der Waals surface area contributed by atoms with Crippen LogP contribution in [0.4, 0.5) is 4.39 Å². The van der Waals surface area contributed by atoms with E-state index in [0.717, 1.165) is 28.5 Å². The van der Waals surface area contributed by atoms with Gasteiger partial charge in [-0.1, -0.05) is 36.4 Å². The van der Waals surface area contributed by atoms with Gasteiger partial charge >= 0.3 is 0 Å². The summed E-state index contributed by atoms with van der Waals surface area (Å²) in [6, 6.07) is 13.5. The van der Waals surface area contributed by atoms with Gasteiger partial charge in [-0.05, 0) is 35.7 Å². The average Bonchev–Trinajstić information content (AvgIpc) is 3.17. The first-order valence-corrected chi connectivity index (χ1v) is 10.3. The molecule has 2 aromatic carbocycles. The molecule has 1 saturated heterocycles. The van der Waals surface area contributed by atoms with Crippen LogP contribution in [-0.4, -0.2) is 58.0 Å². The average molecular weight is 420 g/mol. The molecule has 0 radical (unpaired) electrons. The highest BCUT2D eigenvalue weighted by atomic mass is 19.1. The van der Waals surface area contributed by atoms with Gasteiger partial charge in [-0.25, -0.2) is 4.39 Å². The van der Waals surface area contributed by atoms with Gasteiger partial charge in [0.15, 0.2) is 5.69 Å². The van der Waals surface area contributed by atoms with Crippen molar-refractivity contribution in [1.29, 1.82) is 0 Å². The molecule has 1 fully saturated rings. The highest BCUT2D eigenvalue weighted by molar-refractivity contribution is 5.99. The summed E-state index contributed by atoms with van der Waals surface area (Å²) in [6.07, 6.45) is 2.75. The van der Waals surface area contributed by atoms with E-state index in [-0.39, 0.29) is 11.7 Å². The minimum absolute atomic E-state index is 0.108. The van der Waals surface area contributed by atoms with Crippen LogP contribution in [-0.2, 0) is 11.8 Å². The summed E-state index contributed by atoms with van der Waals surface area (Å²) < 4.78 is 14.9. The molecule has 4 rings (SSSR count). The third kappa shape index (κ3) is 4.27. The molecule has 160 valence electrons. The fourth-order valence-corrected chi connectivity index (χ4v) is 4.11. The highest BCUT2D eigenvalue weighted by Gasteiger charge is 2.30. The number of benzene rings is 2. The molecule has 0 aliphatic carbocycles. The largest absolute Gasteiger partial charge is 0.335 e. The molecule has 0 bridgehead atoms. The molecule has 2 heterocycles. The van der Waals surface area contributed by atoms with E-state index in [1.165, 1.54) is 12.1 Å². The summed E-state index contributed by atoms with van der Waals surface area (Å²) in [5.41, 5.74) is 4.10. The lowest BCUT2D eigenvalue weighted by Crippen LogP contribution is -2.50. The summed E-state index contributed by atoms with van der Waals surface area (Å²) in [6.45, 7) is 4.12. The lowest BCUT2D eigenvalue weighted by molar-refractivity contribution is -0.113. The lowest BCUT2D eigenvalue weighted by Gasteiger charge is -2.37. The number of aromatic nitrogens is 2. The van der Waals surface area contributed by atoms with Crippen LogP contribution in [0.2, 0.25) is 0 Å². The van der Waals surface area contributed by atoms with Crippen LogP contribution in [0.1, 0.15) is 27.7 Å². The van der Waals surface area contributed by atoms with Crippen LogP contribution < -0.4 is 0 Å². The van der Waals surface area contributed by atoms with Crippen LogP contribution in [0.3, 0.4) is 0 Å². The number of aryl methyl sites for hydroxylation is 2. The molecule has 31 heavy (non-hydrogen) atoms. The van der Waals surface area contributed by atoms with Crippen molar-refractivity contribution in [2.75, 3.05) is 26.2 Å². The van der Waals surface area contributed by atoms with Gasteiger partial charge in [0.25, 0.3) is 5.91 Å². The van der Waals surface area contributed by atoms with E-state index >= 15 is 0 Å². The number of carbonyl (C=O) groups excluding carboxylic acids is 2. The van der Waals surface area contributed by atoms with Gasteiger partial charge in [0.2, 0.25) is 0 Å². The maximum absolute atomic E-state index is 13.3. The number of piperazine rings is 1. The Morgan fingerprint density at radius 1 is 1.03 bits per heavy atom. The van der Waals surface area contributed by atoms with Crippen molar-refractivity contribution < 1.29 is 14.0 Å². The highest BCUT2D eigenvalue weighted by Crippen LogP contribution is 2.28. The fourth-order valence-electron chi connectivity index (χ4n) is 4.11. The van der Waals surface area contributed by atoms with Gasteiger partial charge in [0, 0.05) is 45.0 Å². The molecule has 6 nitrogen and oxygen atoms in total. The molecular weight excluding hydrogens is 395 g/mol. The van der Waals surface area contributed by atoms with Gasteiger partial charge in [0.05, 0.1) is 6.04 Å². The van der Waals surface area contributed by atoms with Crippen LogP contribution in [0.5, 0.6) is 0 Å². The normalized spacial score (nSPS) is 15.6. The quantitative estimate of drug-likeness (QED) is 0.595. The summed E-state index contributed by atoms with van der Waals surface area (Å²) in [5, 5.41) is 4.45. The summed E-state index contributed by atoms with van der Waals surface area (Å²) in [7, 11) is 1.81. The van der Waals surface area contributed by atoms with Crippen LogP contribution in [0.15, 0.2) is 54.7 Å². The van der Waals surface area contributed by atoms with Crippen molar-refractivity contribution in [3.63, 3.8) is 0 Å². The Balaban J connectivity index is 1.50. The van der Waals surface area contributed by atoms with Crippen molar-refractivity contribution in [3.8, 4) is 11.1 Å². The predicted octanol–water partition coefficient (Wildman–Crippen LogP) is 3.23. The molecule has 3 aromatic rings. The molecule has 1 unspecified atom stereocenters. The fraction of sp³-hybridized carbons (Fsp3) is 0.292. The Labute approximate surface area is 180 Å². The van der Waals surface area contributed by atoms with E-state index in [4.69, 9.17) is 0 Å². The van der Waals surface area contributed by atoms with Crippen molar-refractivity contribution in [1.82, 2.24) is 19.6 Å². The summed E-state index contributed by atoms with van der Waals surface area (Å²) >= 11 is 0. The number of hydrogen-bond donors (Lipinski definition) is 0. The molecular formula is C24H25FN4O2. The second kappa shape index (κ2) is 8.81. The number of aldehydes is 1. The molecule has 1 aliphatic rings. The van der Waals surface area contributed by atoms with Gasteiger partial charge in [0.1, 0.15) is 12.1 Å². The Morgan fingerprint density at radius 2 is 1.71 bits per heavy atom. The van der Waals surface area contributed by atoms with Crippen molar-refractivity contribution in [2.45, 2.75) is 13.0 Å². The van der Waals surface area contributed by atoms with Gasteiger partial charge < -0.3 is 9.69 Å². The zero-order chi connectivity index (χ0) is 22.0. The molecule has 1 atom stereocenters. The molecule has 7 heteroatoms. The van der Waals surface area contributed by atoms with Crippen LogP contribution in [0.25, 0.3) is 11.1 Å². The number of nitrogens with zero attached hydrogens (tertiary/aromatic N) is 4. The SMILES string of the molecule is Cc1ccccc1-c1cn(C)nc1C(=O)N1CCN(C(C=O)c2ccc(F)cc2)CC1. The smallest absolute Gasteiger partial charge is 0.275 e.